The highest BCUT2D eigenvalue weighted by atomic mass is 19.1. The van der Waals surface area contributed by atoms with Crippen LogP contribution in [-0.2, 0) is 16.0 Å². The largest absolute Gasteiger partial charge is 0.345 e. The quantitative estimate of drug-likeness (QED) is 0.555. The van der Waals surface area contributed by atoms with Crippen molar-refractivity contribution in [3.05, 3.63) is 102 Å². The molecule has 0 aliphatic heterocycles. The summed E-state index contributed by atoms with van der Waals surface area (Å²) in [7, 11) is 1.57. The molecule has 0 aliphatic carbocycles. The fourth-order valence-corrected chi connectivity index (χ4v) is 3.45. The Hall–Kier alpha value is -3.80. The number of Topliss-reactive ketones (excluding diaryl/α,β-unsaturated/α-hetero) is 1. The van der Waals surface area contributed by atoms with Crippen molar-refractivity contribution in [1.29, 1.82) is 0 Å². The van der Waals surface area contributed by atoms with Gasteiger partial charge in [-0.2, -0.15) is 0 Å². The topological polar surface area (TPSA) is 66.5 Å². The van der Waals surface area contributed by atoms with Gasteiger partial charge in [-0.25, -0.2) is 4.39 Å². The van der Waals surface area contributed by atoms with Crippen molar-refractivity contribution in [2.24, 2.45) is 5.92 Å². The van der Waals surface area contributed by atoms with Crippen LogP contribution >= 0.6 is 0 Å². The van der Waals surface area contributed by atoms with Crippen LogP contribution in [0.1, 0.15) is 22.3 Å². The number of benzene rings is 3. The van der Waals surface area contributed by atoms with Crippen molar-refractivity contribution < 1.29 is 18.8 Å². The lowest BCUT2D eigenvalue weighted by molar-refractivity contribution is -0.127. The SMILES string of the molecule is CN(C(=O)[C@@H](CC(=O)CNC(=O)c1ccccc1)Cc1ccccc1)c1cccc(F)c1. The zero-order chi connectivity index (χ0) is 22.9. The van der Waals surface area contributed by atoms with Gasteiger partial charge in [-0.3, -0.25) is 14.4 Å². The normalized spacial score (nSPS) is 11.4. The van der Waals surface area contributed by atoms with Gasteiger partial charge in [-0.15, -0.1) is 0 Å². The molecule has 3 aromatic rings. The minimum Gasteiger partial charge on any atom is -0.345 e. The van der Waals surface area contributed by atoms with E-state index in [1.165, 1.54) is 23.1 Å². The smallest absolute Gasteiger partial charge is 0.251 e. The van der Waals surface area contributed by atoms with Crippen LogP contribution in [0.2, 0.25) is 0 Å². The second kappa shape index (κ2) is 11.0. The van der Waals surface area contributed by atoms with Crippen LogP contribution in [0.25, 0.3) is 0 Å². The first-order valence-electron chi connectivity index (χ1n) is 10.4. The predicted molar refractivity (Wildman–Crippen MR) is 122 cm³/mol. The summed E-state index contributed by atoms with van der Waals surface area (Å²) in [6.45, 7) is -0.171. The molecule has 6 heteroatoms. The van der Waals surface area contributed by atoms with E-state index in [1.54, 1.807) is 43.4 Å². The van der Waals surface area contributed by atoms with E-state index < -0.39 is 11.7 Å². The van der Waals surface area contributed by atoms with Gasteiger partial charge in [-0.1, -0.05) is 54.6 Å². The molecule has 1 N–H and O–H groups in total. The summed E-state index contributed by atoms with van der Waals surface area (Å²) in [6, 6.07) is 23.8. The number of nitrogens with one attached hydrogen (secondary N) is 1. The lowest BCUT2D eigenvalue weighted by atomic mass is 9.92. The first kappa shape index (κ1) is 22.9. The molecule has 1 atom stereocenters. The number of anilines is 1. The van der Waals surface area contributed by atoms with Gasteiger partial charge in [-0.05, 0) is 42.3 Å². The van der Waals surface area contributed by atoms with E-state index in [4.69, 9.17) is 0 Å². The number of ketones is 1. The number of amides is 2. The fourth-order valence-electron chi connectivity index (χ4n) is 3.45. The average Bonchev–Trinajstić information content (AvgIpc) is 2.82. The first-order chi connectivity index (χ1) is 15.4. The van der Waals surface area contributed by atoms with Crippen LogP contribution < -0.4 is 10.2 Å². The van der Waals surface area contributed by atoms with E-state index in [-0.39, 0.29) is 30.6 Å². The minimum absolute atomic E-state index is 0.0392. The number of rotatable bonds is 9. The number of hydrogen-bond donors (Lipinski definition) is 1. The molecule has 164 valence electrons. The molecule has 0 fully saturated rings. The zero-order valence-corrected chi connectivity index (χ0v) is 17.8. The molecule has 0 bridgehead atoms. The molecule has 0 unspecified atom stereocenters. The van der Waals surface area contributed by atoms with Gasteiger partial charge in [0.15, 0.2) is 5.78 Å². The van der Waals surface area contributed by atoms with Gasteiger partial charge in [0.25, 0.3) is 5.91 Å². The molecular weight excluding hydrogens is 407 g/mol. The molecular formula is C26H25FN2O3. The Labute approximate surface area is 186 Å². The second-order valence-corrected chi connectivity index (χ2v) is 7.56. The summed E-state index contributed by atoms with van der Waals surface area (Å²) in [5.74, 6) is -1.98. The number of hydrogen-bond acceptors (Lipinski definition) is 3. The lowest BCUT2D eigenvalue weighted by Gasteiger charge is -2.24. The van der Waals surface area contributed by atoms with E-state index in [0.29, 0.717) is 17.7 Å². The third-order valence-electron chi connectivity index (χ3n) is 5.16. The van der Waals surface area contributed by atoms with Gasteiger partial charge in [0.2, 0.25) is 5.91 Å². The number of halogens is 1. The minimum atomic E-state index is -0.646. The average molecular weight is 432 g/mol. The first-order valence-corrected chi connectivity index (χ1v) is 10.4. The van der Waals surface area contributed by atoms with Crippen molar-refractivity contribution in [2.45, 2.75) is 12.8 Å². The Morgan fingerprint density at radius 1 is 0.906 bits per heavy atom. The van der Waals surface area contributed by atoms with E-state index in [9.17, 15) is 18.8 Å². The van der Waals surface area contributed by atoms with Gasteiger partial charge >= 0.3 is 0 Å². The zero-order valence-electron chi connectivity index (χ0n) is 17.8. The second-order valence-electron chi connectivity index (χ2n) is 7.56. The van der Waals surface area contributed by atoms with Crippen LogP contribution in [0.3, 0.4) is 0 Å². The summed E-state index contributed by atoms with van der Waals surface area (Å²) in [5.41, 5.74) is 1.79. The fraction of sp³-hybridized carbons (Fsp3) is 0.192. The molecule has 3 rings (SSSR count). The Balaban J connectivity index is 1.70. The third kappa shape index (κ3) is 6.35. The highest BCUT2D eigenvalue weighted by Crippen LogP contribution is 2.21. The standard InChI is InChI=1S/C26H25FN2O3/c1-29(23-14-8-13-22(27)17-23)26(32)21(15-19-9-4-2-5-10-19)16-24(30)18-28-25(31)20-11-6-3-7-12-20/h2-14,17,21H,15-16,18H2,1H3,(H,28,31)/t21-/m1/s1. The van der Waals surface area contributed by atoms with Gasteiger partial charge in [0.05, 0.1) is 6.54 Å². The molecule has 0 aromatic heterocycles. The van der Waals surface area contributed by atoms with Crippen molar-refractivity contribution in [3.8, 4) is 0 Å². The molecule has 3 aromatic carbocycles. The molecule has 0 saturated carbocycles. The van der Waals surface area contributed by atoms with Gasteiger partial charge < -0.3 is 10.2 Å². The molecule has 0 saturated heterocycles. The monoisotopic (exact) mass is 432 g/mol. The highest BCUT2D eigenvalue weighted by molar-refractivity contribution is 5.99. The summed E-state index contributed by atoms with van der Waals surface area (Å²) in [6.07, 6.45) is 0.320. The van der Waals surface area contributed by atoms with Crippen molar-refractivity contribution in [3.63, 3.8) is 0 Å². The molecule has 5 nitrogen and oxygen atoms in total. The van der Waals surface area contributed by atoms with Gasteiger partial charge in [0.1, 0.15) is 5.82 Å². The molecule has 0 radical (unpaired) electrons. The Kier molecular flexibility index (Phi) is 7.86. The maximum Gasteiger partial charge on any atom is 0.251 e. The van der Waals surface area contributed by atoms with Crippen molar-refractivity contribution in [1.82, 2.24) is 5.32 Å². The molecule has 0 aliphatic rings. The summed E-state index contributed by atoms with van der Waals surface area (Å²) in [5, 5.41) is 2.61. The Morgan fingerprint density at radius 3 is 2.22 bits per heavy atom. The highest BCUT2D eigenvalue weighted by Gasteiger charge is 2.26. The lowest BCUT2D eigenvalue weighted by Crippen LogP contribution is -2.37. The Bertz CT molecular complexity index is 1070. The van der Waals surface area contributed by atoms with E-state index in [1.807, 2.05) is 30.3 Å². The van der Waals surface area contributed by atoms with E-state index in [0.717, 1.165) is 5.56 Å². The van der Waals surface area contributed by atoms with Crippen molar-refractivity contribution >= 4 is 23.3 Å². The number of carbonyl (C=O) groups excluding carboxylic acids is 3. The molecule has 32 heavy (non-hydrogen) atoms. The summed E-state index contributed by atoms with van der Waals surface area (Å²) in [4.78, 5) is 39.4. The molecule has 0 spiro atoms. The summed E-state index contributed by atoms with van der Waals surface area (Å²) < 4.78 is 13.6. The van der Waals surface area contributed by atoms with E-state index in [2.05, 4.69) is 5.32 Å². The van der Waals surface area contributed by atoms with Crippen LogP contribution in [0.5, 0.6) is 0 Å². The third-order valence-corrected chi connectivity index (χ3v) is 5.16. The predicted octanol–water partition coefficient (Wildman–Crippen LogP) is 4.04. The number of carbonyl (C=O) groups is 3. The maximum absolute atomic E-state index is 13.6. The Morgan fingerprint density at radius 2 is 1.56 bits per heavy atom. The van der Waals surface area contributed by atoms with Crippen LogP contribution in [0.4, 0.5) is 10.1 Å². The van der Waals surface area contributed by atoms with Gasteiger partial charge in [0, 0.05) is 30.6 Å². The van der Waals surface area contributed by atoms with Crippen LogP contribution in [0.15, 0.2) is 84.9 Å². The molecule has 0 heterocycles. The van der Waals surface area contributed by atoms with Crippen molar-refractivity contribution in [2.75, 3.05) is 18.5 Å². The maximum atomic E-state index is 13.6. The summed E-state index contributed by atoms with van der Waals surface area (Å²) >= 11 is 0. The van der Waals surface area contributed by atoms with Crippen LogP contribution in [-0.4, -0.2) is 31.2 Å². The van der Waals surface area contributed by atoms with Crippen LogP contribution in [0, 0.1) is 11.7 Å². The number of nitrogens with zero attached hydrogens (tertiary/aromatic N) is 1. The van der Waals surface area contributed by atoms with E-state index >= 15 is 0 Å². The molecule has 2 amide bonds.